The van der Waals surface area contributed by atoms with Gasteiger partial charge in [-0.25, -0.2) is 4.98 Å². The molecule has 84 valence electrons. The van der Waals surface area contributed by atoms with E-state index in [1.165, 1.54) is 0 Å². The van der Waals surface area contributed by atoms with Crippen molar-refractivity contribution in [1.82, 2.24) is 4.98 Å². The molecule has 0 fully saturated rings. The number of pyridine rings is 1. The van der Waals surface area contributed by atoms with Crippen LogP contribution in [-0.2, 0) is 0 Å². The molecule has 1 heterocycles. The maximum atomic E-state index is 4.43. The lowest BCUT2D eigenvalue weighted by Gasteiger charge is -2.18. The molecule has 3 heteroatoms. The highest BCUT2D eigenvalue weighted by atomic mass is 79.9. The Morgan fingerprint density at radius 2 is 2.00 bits per heavy atom. The van der Waals surface area contributed by atoms with Crippen molar-refractivity contribution in [3.8, 4) is 0 Å². The van der Waals surface area contributed by atoms with E-state index in [0.717, 1.165) is 29.0 Å². The van der Waals surface area contributed by atoms with Crippen molar-refractivity contribution >= 4 is 21.7 Å². The average Bonchev–Trinajstić information content (AvgIpc) is 2.09. The lowest BCUT2D eigenvalue weighted by atomic mass is 9.92. The van der Waals surface area contributed by atoms with Crippen LogP contribution in [0.15, 0.2) is 16.6 Å². The third-order valence-corrected chi connectivity index (χ3v) is 3.04. The van der Waals surface area contributed by atoms with E-state index < -0.39 is 0 Å². The fraction of sp³-hybridized carbons (Fsp3) is 0.583. The molecule has 1 rings (SSSR count). The van der Waals surface area contributed by atoms with Gasteiger partial charge in [-0.2, -0.15) is 0 Å². The molecule has 0 amide bonds. The van der Waals surface area contributed by atoms with E-state index in [9.17, 15) is 0 Å². The van der Waals surface area contributed by atoms with Crippen LogP contribution < -0.4 is 5.32 Å². The van der Waals surface area contributed by atoms with Crippen LogP contribution in [0.5, 0.6) is 0 Å². The van der Waals surface area contributed by atoms with Crippen molar-refractivity contribution in [3.63, 3.8) is 0 Å². The number of hydrogen-bond donors (Lipinski definition) is 1. The summed E-state index contributed by atoms with van der Waals surface area (Å²) in [7, 11) is 0. The summed E-state index contributed by atoms with van der Waals surface area (Å²) in [5, 5.41) is 3.34. The molecular weight excluding hydrogens is 252 g/mol. The number of anilines is 1. The van der Waals surface area contributed by atoms with Gasteiger partial charge in [0, 0.05) is 11.0 Å². The first-order valence-corrected chi connectivity index (χ1v) is 6.05. The van der Waals surface area contributed by atoms with Gasteiger partial charge in [0.1, 0.15) is 5.82 Å². The van der Waals surface area contributed by atoms with Gasteiger partial charge in [-0.1, -0.05) is 20.8 Å². The zero-order valence-corrected chi connectivity index (χ0v) is 11.5. The lowest BCUT2D eigenvalue weighted by molar-refractivity contribution is 0.389. The Hall–Kier alpha value is -0.570. The Labute approximate surface area is 101 Å². The highest BCUT2D eigenvalue weighted by Crippen LogP contribution is 2.19. The monoisotopic (exact) mass is 270 g/mol. The first-order valence-electron chi connectivity index (χ1n) is 5.25. The van der Waals surface area contributed by atoms with E-state index in [-0.39, 0.29) is 0 Å². The summed E-state index contributed by atoms with van der Waals surface area (Å²) in [4.78, 5) is 4.43. The predicted molar refractivity (Wildman–Crippen MR) is 69.2 cm³/mol. The molecule has 0 aromatic carbocycles. The van der Waals surface area contributed by atoms with Crippen molar-refractivity contribution < 1.29 is 0 Å². The topological polar surface area (TPSA) is 24.9 Å². The minimum atomic E-state index is 0.372. The molecule has 1 N–H and O–H groups in total. The second-order valence-electron chi connectivity index (χ2n) is 5.00. The Kier molecular flexibility index (Phi) is 4.14. The molecule has 0 saturated heterocycles. The molecular formula is C12H19BrN2. The smallest absolute Gasteiger partial charge is 0.126 e. The Bertz CT molecular complexity index is 329. The van der Waals surface area contributed by atoms with Gasteiger partial charge < -0.3 is 5.32 Å². The number of aromatic nitrogens is 1. The van der Waals surface area contributed by atoms with Crippen LogP contribution in [0.4, 0.5) is 5.82 Å². The van der Waals surface area contributed by atoms with Gasteiger partial charge in [0.05, 0.1) is 5.69 Å². The number of nitrogens with zero attached hydrogens (tertiary/aromatic N) is 1. The van der Waals surface area contributed by atoms with E-state index in [1.807, 2.05) is 19.1 Å². The maximum absolute atomic E-state index is 4.43. The summed E-state index contributed by atoms with van der Waals surface area (Å²) in [5.74, 6) is 0.958. The van der Waals surface area contributed by atoms with Gasteiger partial charge in [0.2, 0.25) is 0 Å². The quantitative estimate of drug-likeness (QED) is 0.898. The van der Waals surface area contributed by atoms with E-state index >= 15 is 0 Å². The van der Waals surface area contributed by atoms with E-state index in [1.54, 1.807) is 0 Å². The molecule has 0 aliphatic carbocycles. The van der Waals surface area contributed by atoms with Crippen LogP contribution in [0, 0.1) is 12.3 Å². The molecule has 1 aromatic heterocycles. The van der Waals surface area contributed by atoms with Gasteiger partial charge in [0.15, 0.2) is 0 Å². The van der Waals surface area contributed by atoms with E-state index in [0.29, 0.717) is 5.41 Å². The van der Waals surface area contributed by atoms with Crippen LogP contribution >= 0.6 is 15.9 Å². The Balaban J connectivity index is 2.48. The molecule has 0 radical (unpaired) electrons. The average molecular weight is 271 g/mol. The minimum absolute atomic E-state index is 0.372. The van der Waals surface area contributed by atoms with Gasteiger partial charge in [-0.15, -0.1) is 0 Å². The SMILES string of the molecule is Cc1nc(NCCC(C)(C)C)ccc1Br. The third-order valence-electron chi connectivity index (χ3n) is 2.20. The summed E-state index contributed by atoms with van der Waals surface area (Å²) in [6.07, 6.45) is 1.14. The summed E-state index contributed by atoms with van der Waals surface area (Å²) >= 11 is 3.44. The highest BCUT2D eigenvalue weighted by molar-refractivity contribution is 9.10. The third kappa shape index (κ3) is 4.65. The fourth-order valence-electron chi connectivity index (χ4n) is 1.21. The lowest BCUT2D eigenvalue weighted by Crippen LogP contribution is -2.13. The van der Waals surface area contributed by atoms with E-state index in [2.05, 4.69) is 47.0 Å². The van der Waals surface area contributed by atoms with Crippen molar-refractivity contribution in [2.75, 3.05) is 11.9 Å². The molecule has 1 aromatic rings. The molecule has 0 aliphatic heterocycles. The first-order chi connectivity index (χ1) is 6.88. The van der Waals surface area contributed by atoms with Crippen LogP contribution in [0.1, 0.15) is 32.9 Å². The van der Waals surface area contributed by atoms with Crippen molar-refractivity contribution in [2.24, 2.45) is 5.41 Å². The summed E-state index contributed by atoms with van der Waals surface area (Å²) in [5.41, 5.74) is 1.40. The van der Waals surface area contributed by atoms with Crippen LogP contribution in [0.2, 0.25) is 0 Å². The summed E-state index contributed by atoms with van der Waals surface area (Å²) in [6.45, 7) is 9.70. The maximum Gasteiger partial charge on any atom is 0.126 e. The number of aryl methyl sites for hydroxylation is 1. The molecule has 0 atom stereocenters. The second-order valence-corrected chi connectivity index (χ2v) is 5.86. The van der Waals surface area contributed by atoms with Gasteiger partial charge >= 0.3 is 0 Å². The first kappa shape index (κ1) is 12.5. The highest BCUT2D eigenvalue weighted by Gasteiger charge is 2.09. The molecule has 0 aliphatic rings. The fourth-order valence-corrected chi connectivity index (χ4v) is 1.43. The van der Waals surface area contributed by atoms with Crippen molar-refractivity contribution in [1.29, 1.82) is 0 Å². The van der Waals surface area contributed by atoms with Gasteiger partial charge in [-0.05, 0) is 46.8 Å². The number of nitrogens with one attached hydrogen (secondary N) is 1. The predicted octanol–water partition coefficient (Wildman–Crippen LogP) is 4.00. The second kappa shape index (κ2) is 4.97. The zero-order valence-electron chi connectivity index (χ0n) is 9.89. The van der Waals surface area contributed by atoms with E-state index in [4.69, 9.17) is 0 Å². The summed E-state index contributed by atoms with van der Waals surface area (Å²) in [6, 6.07) is 4.03. The van der Waals surface area contributed by atoms with Crippen molar-refractivity contribution in [2.45, 2.75) is 34.1 Å². The molecule has 15 heavy (non-hydrogen) atoms. The molecule has 2 nitrogen and oxygen atoms in total. The zero-order chi connectivity index (χ0) is 11.5. The normalized spacial score (nSPS) is 11.5. The molecule has 0 spiro atoms. The number of hydrogen-bond acceptors (Lipinski definition) is 2. The van der Waals surface area contributed by atoms with Crippen molar-refractivity contribution in [3.05, 3.63) is 22.3 Å². The number of rotatable bonds is 3. The Morgan fingerprint density at radius 1 is 1.33 bits per heavy atom. The van der Waals surface area contributed by atoms with Crippen LogP contribution in [-0.4, -0.2) is 11.5 Å². The molecule has 0 saturated carbocycles. The van der Waals surface area contributed by atoms with Gasteiger partial charge in [-0.3, -0.25) is 0 Å². The molecule has 0 bridgehead atoms. The number of halogens is 1. The summed E-state index contributed by atoms with van der Waals surface area (Å²) < 4.78 is 1.06. The largest absolute Gasteiger partial charge is 0.370 e. The molecule has 0 unspecified atom stereocenters. The van der Waals surface area contributed by atoms with Gasteiger partial charge in [0.25, 0.3) is 0 Å². The Morgan fingerprint density at radius 3 is 2.53 bits per heavy atom. The van der Waals surface area contributed by atoms with Crippen LogP contribution in [0.3, 0.4) is 0 Å². The standard InChI is InChI=1S/C12H19BrN2/c1-9-10(13)5-6-11(15-9)14-8-7-12(2,3)4/h5-6H,7-8H2,1-4H3,(H,14,15). The minimum Gasteiger partial charge on any atom is -0.370 e. The van der Waals surface area contributed by atoms with Crippen LogP contribution in [0.25, 0.3) is 0 Å².